The summed E-state index contributed by atoms with van der Waals surface area (Å²) in [5.41, 5.74) is 9.77. The molecule has 5 amide bonds. The van der Waals surface area contributed by atoms with Crippen LogP contribution in [-0.2, 0) is 48.0 Å². The predicted octanol–water partition coefficient (Wildman–Crippen LogP) is 4.23. The van der Waals surface area contributed by atoms with Crippen molar-refractivity contribution < 1.29 is 33.4 Å². The molecule has 0 unspecified atom stereocenters. The second kappa shape index (κ2) is 19.2. The second-order valence-corrected chi connectivity index (χ2v) is 20.5. The molecule has 0 spiro atoms. The number of amides is 5. The maximum Gasteiger partial charge on any atom is 0.324 e. The Morgan fingerprint density at radius 3 is 2.59 bits per heavy atom. The third-order valence-corrected chi connectivity index (χ3v) is 14.6. The van der Waals surface area contributed by atoms with E-state index in [1.54, 1.807) is 31.0 Å². The fourth-order valence-corrected chi connectivity index (χ4v) is 10.7. The normalized spacial score (nSPS) is 23.3. The SMILES string of the molecule is CCn1c(C2=C([C@H](C)OC)N=CCC2)c2c3cc(ccc31)-c1csc(n1)C[C@H](NC(=O)[C@H](C(C)C)N(C)C(=O)N(C)C1CN(C(=O)[C@@H]3CN3)C1)C(=O)N1CCC[C@H](N1)C(=O)OCC(C)(C)C2. The minimum Gasteiger partial charge on any atom is -0.464 e. The lowest BCUT2D eigenvalue weighted by Gasteiger charge is -2.45. The third-order valence-electron chi connectivity index (χ3n) is 13.8. The van der Waals surface area contributed by atoms with Gasteiger partial charge in [0.05, 0.1) is 46.9 Å². The lowest BCUT2D eigenvalue weighted by molar-refractivity contribution is -0.155. The number of rotatable bonds is 10. The van der Waals surface area contributed by atoms with Crippen molar-refractivity contribution in [1.82, 2.24) is 45.3 Å². The predicted molar refractivity (Wildman–Crippen MR) is 253 cm³/mol. The van der Waals surface area contributed by atoms with Crippen LogP contribution in [0.5, 0.6) is 0 Å². The van der Waals surface area contributed by atoms with Gasteiger partial charge in [-0.15, -0.1) is 11.3 Å². The molecule has 5 atom stereocenters. The number of methoxy groups -OCH3 is 1. The van der Waals surface area contributed by atoms with Crippen LogP contribution < -0.4 is 16.1 Å². The van der Waals surface area contributed by atoms with Crippen LogP contribution in [0.1, 0.15) is 83.5 Å². The number of allylic oxidation sites excluding steroid dienone is 1. The number of aliphatic imine (C=N–C) groups is 1. The van der Waals surface area contributed by atoms with Gasteiger partial charge in [-0.1, -0.05) is 33.8 Å². The highest BCUT2D eigenvalue weighted by Gasteiger charge is 2.44. The Kier molecular flexibility index (Phi) is 13.8. The first-order valence-corrected chi connectivity index (χ1v) is 24.3. The maximum absolute atomic E-state index is 14.6. The number of hydrogen-bond donors (Lipinski definition) is 3. The lowest BCUT2D eigenvalue weighted by atomic mass is 9.83. The molecule has 18 heteroatoms. The Hall–Kier alpha value is -5.17. The average Bonchev–Trinajstić information content (AvgIpc) is 3.97. The molecule has 7 heterocycles. The number of likely N-dealkylation sites (N-methyl/N-ethyl adjacent to an activating group) is 2. The van der Waals surface area contributed by atoms with Gasteiger partial charge in [-0.3, -0.25) is 29.2 Å². The number of aryl methyl sites for hydroxylation is 1. The molecule has 3 saturated heterocycles. The number of hydrazine groups is 1. The van der Waals surface area contributed by atoms with Crippen LogP contribution in [0.2, 0.25) is 0 Å². The molecule has 6 bridgehead atoms. The number of benzene rings is 1. The number of aromatic nitrogens is 2. The molecule has 356 valence electrons. The zero-order valence-electron chi connectivity index (χ0n) is 39.8. The van der Waals surface area contributed by atoms with E-state index in [4.69, 9.17) is 19.5 Å². The van der Waals surface area contributed by atoms with E-state index in [1.165, 1.54) is 21.2 Å². The summed E-state index contributed by atoms with van der Waals surface area (Å²) in [4.78, 5) is 84.2. The van der Waals surface area contributed by atoms with Crippen molar-refractivity contribution in [2.75, 3.05) is 54.0 Å². The van der Waals surface area contributed by atoms with E-state index < -0.39 is 41.3 Å². The largest absolute Gasteiger partial charge is 0.464 e. The van der Waals surface area contributed by atoms with Crippen LogP contribution in [0.4, 0.5) is 4.79 Å². The molecule has 3 N–H and O–H groups in total. The molecular weight excluding hydrogens is 861 g/mol. The highest BCUT2D eigenvalue weighted by atomic mass is 32.1. The first-order valence-electron chi connectivity index (χ1n) is 23.4. The van der Waals surface area contributed by atoms with Crippen LogP contribution in [-0.4, -0.2) is 156 Å². The van der Waals surface area contributed by atoms with Crippen molar-refractivity contribution in [2.24, 2.45) is 16.3 Å². The summed E-state index contributed by atoms with van der Waals surface area (Å²) in [6.07, 6.45) is 5.11. The summed E-state index contributed by atoms with van der Waals surface area (Å²) in [6.45, 7) is 14.9. The highest BCUT2D eigenvalue weighted by molar-refractivity contribution is 7.10. The molecule has 0 radical (unpaired) electrons. The van der Waals surface area contributed by atoms with Gasteiger partial charge >= 0.3 is 12.0 Å². The van der Waals surface area contributed by atoms with E-state index in [2.05, 4.69) is 59.6 Å². The second-order valence-electron chi connectivity index (χ2n) is 19.6. The number of ether oxygens (including phenoxy) is 2. The highest BCUT2D eigenvalue weighted by Crippen LogP contribution is 2.42. The molecule has 1 aromatic carbocycles. The van der Waals surface area contributed by atoms with Gasteiger partial charge in [0.2, 0.25) is 11.8 Å². The average molecular weight is 927 g/mol. The van der Waals surface area contributed by atoms with Crippen LogP contribution in [0.25, 0.3) is 27.7 Å². The molecule has 66 heavy (non-hydrogen) atoms. The van der Waals surface area contributed by atoms with E-state index in [-0.39, 0.29) is 49.1 Å². The van der Waals surface area contributed by atoms with Crippen LogP contribution in [0.15, 0.2) is 34.3 Å². The molecule has 0 saturated carbocycles. The van der Waals surface area contributed by atoms with Gasteiger partial charge in [-0.2, -0.15) is 0 Å². The molecular formula is C48H66N10O7S. The number of thiazole rings is 1. The Balaban J connectivity index is 1.13. The smallest absolute Gasteiger partial charge is 0.324 e. The quantitative estimate of drug-likeness (QED) is 0.196. The molecule has 5 aliphatic rings. The van der Waals surface area contributed by atoms with Crippen LogP contribution in [0, 0.1) is 11.3 Å². The van der Waals surface area contributed by atoms with Gasteiger partial charge in [-0.05, 0) is 69.6 Å². The molecule has 2 aromatic heterocycles. The van der Waals surface area contributed by atoms with Crippen molar-refractivity contribution in [1.29, 1.82) is 0 Å². The zero-order chi connectivity index (χ0) is 47.2. The van der Waals surface area contributed by atoms with Crippen molar-refractivity contribution >= 4 is 63.7 Å². The molecule has 3 fully saturated rings. The Labute approximate surface area is 391 Å². The number of urea groups is 1. The minimum atomic E-state index is -1.08. The van der Waals surface area contributed by atoms with Crippen LogP contribution >= 0.6 is 11.3 Å². The Morgan fingerprint density at radius 2 is 1.89 bits per heavy atom. The number of hydrogen-bond acceptors (Lipinski definition) is 12. The van der Waals surface area contributed by atoms with Gasteiger partial charge in [0.1, 0.15) is 18.1 Å². The number of cyclic esters (lactones) is 1. The molecule has 17 nitrogen and oxygen atoms in total. The number of carbonyl (C=O) groups excluding carboxylic acids is 5. The number of carbonyl (C=O) groups is 5. The molecule has 0 aliphatic carbocycles. The molecule has 8 rings (SSSR count). The van der Waals surface area contributed by atoms with E-state index in [0.29, 0.717) is 50.4 Å². The summed E-state index contributed by atoms with van der Waals surface area (Å²) in [7, 11) is 5.00. The lowest BCUT2D eigenvalue weighted by Crippen LogP contribution is -2.65. The van der Waals surface area contributed by atoms with Crippen molar-refractivity contribution in [3.05, 3.63) is 45.5 Å². The monoisotopic (exact) mass is 926 g/mol. The van der Waals surface area contributed by atoms with Crippen LogP contribution in [0.3, 0.4) is 0 Å². The topological polar surface area (TPSA) is 193 Å². The summed E-state index contributed by atoms with van der Waals surface area (Å²) in [6, 6.07) is 2.98. The fraction of sp³-hybridized carbons (Fsp3) is 0.604. The summed E-state index contributed by atoms with van der Waals surface area (Å²) >= 11 is 1.42. The number of esters is 1. The molecule has 5 aliphatic heterocycles. The third kappa shape index (κ3) is 9.51. The van der Waals surface area contributed by atoms with E-state index in [9.17, 15) is 24.0 Å². The van der Waals surface area contributed by atoms with Crippen molar-refractivity contribution in [3.63, 3.8) is 0 Å². The Morgan fingerprint density at radius 1 is 1.14 bits per heavy atom. The molecule has 3 aromatic rings. The van der Waals surface area contributed by atoms with Crippen molar-refractivity contribution in [2.45, 2.75) is 123 Å². The van der Waals surface area contributed by atoms with Gasteiger partial charge in [0.15, 0.2) is 0 Å². The number of nitrogens with one attached hydrogen (secondary N) is 3. The Bertz CT molecular complexity index is 2430. The zero-order valence-corrected chi connectivity index (χ0v) is 40.6. The van der Waals surface area contributed by atoms with Gasteiger partial charge in [-0.25, -0.2) is 15.2 Å². The first kappa shape index (κ1) is 47.3. The summed E-state index contributed by atoms with van der Waals surface area (Å²) < 4.78 is 14.3. The minimum absolute atomic E-state index is 0.0404. The fourth-order valence-electron chi connectivity index (χ4n) is 9.87. The summed E-state index contributed by atoms with van der Waals surface area (Å²) in [5, 5.41) is 11.2. The number of nitrogens with zero attached hydrogens (tertiary/aromatic N) is 7. The first-order chi connectivity index (χ1) is 31.5. The maximum atomic E-state index is 14.6. The number of fused-ring (bicyclic) bond motifs is 6. The number of likely N-dealkylation sites (tertiary alicyclic amines) is 1. The van der Waals surface area contributed by atoms with E-state index >= 15 is 0 Å². The van der Waals surface area contributed by atoms with Gasteiger partial charge in [0.25, 0.3) is 5.91 Å². The summed E-state index contributed by atoms with van der Waals surface area (Å²) in [5.74, 6) is -1.62. The van der Waals surface area contributed by atoms with E-state index in [0.717, 1.165) is 64.1 Å². The standard InChI is InChI=1S/C48H66N10O7S/c1-10-57-38-16-15-29-19-32(38)33(42(57)31-13-11-17-49-40(31)28(4)64-9)21-48(5,6)26-65-46(62)34-14-12-18-58(53-34)45(61)35(20-39-51-37(29)25-66-39)52-43(59)41(27(2)3)55(8)47(63)54(7)30-23-56(24-30)44(60)36-22-50-36/h15-17,19,25,27-28,30,34-36,41,50,53H,10-14,18,20-24,26H2,1-9H3,(H,52,59)/t28-,34-,35-,36-,41-/m0/s1. The van der Waals surface area contributed by atoms with Gasteiger partial charge in [0, 0.05) is 99.4 Å². The van der Waals surface area contributed by atoms with Gasteiger partial charge < -0.3 is 39.4 Å². The van der Waals surface area contributed by atoms with E-state index in [1.807, 2.05) is 32.4 Å². The van der Waals surface area contributed by atoms with Crippen molar-refractivity contribution in [3.8, 4) is 11.3 Å².